The van der Waals surface area contributed by atoms with Gasteiger partial charge in [0.2, 0.25) is 0 Å². The van der Waals surface area contributed by atoms with Gasteiger partial charge in [-0.1, -0.05) is 6.92 Å². The molecule has 3 heteroatoms. The predicted octanol–water partition coefficient (Wildman–Crippen LogP) is 2.82. The van der Waals surface area contributed by atoms with Crippen molar-refractivity contribution in [1.82, 2.24) is 4.98 Å². The molecule has 0 spiro atoms. The number of thiazole rings is 1. The molecule has 2 N–H and O–H groups in total. The summed E-state index contributed by atoms with van der Waals surface area (Å²) in [5, 5.41) is 1.29. The third-order valence-electron chi connectivity index (χ3n) is 3.52. The summed E-state index contributed by atoms with van der Waals surface area (Å²) in [5.74, 6) is 0. The lowest BCUT2D eigenvalue weighted by Gasteiger charge is -2.22. The second kappa shape index (κ2) is 3.87. The van der Waals surface area contributed by atoms with Crippen LogP contribution in [0.2, 0.25) is 0 Å². The zero-order valence-electron chi connectivity index (χ0n) is 9.84. The van der Waals surface area contributed by atoms with Crippen LogP contribution in [-0.2, 0) is 6.42 Å². The molecule has 0 amide bonds. The molecule has 15 heavy (non-hydrogen) atoms. The van der Waals surface area contributed by atoms with Crippen molar-refractivity contribution in [1.29, 1.82) is 0 Å². The van der Waals surface area contributed by atoms with Crippen LogP contribution in [0.4, 0.5) is 0 Å². The summed E-state index contributed by atoms with van der Waals surface area (Å²) in [4.78, 5) is 5.98. The van der Waals surface area contributed by atoms with Crippen LogP contribution in [-0.4, -0.2) is 11.0 Å². The fourth-order valence-electron chi connectivity index (χ4n) is 2.51. The standard InChI is InChI=1S/C12H20N2S/c1-8-9(2)15-11(14-8)7-12(3)5-4-10(13)6-12/h10H,4-7,13H2,1-3H3. The van der Waals surface area contributed by atoms with Crippen LogP contribution >= 0.6 is 11.3 Å². The first-order chi connectivity index (χ1) is 6.98. The maximum absolute atomic E-state index is 5.98. The van der Waals surface area contributed by atoms with Gasteiger partial charge in [0.15, 0.2) is 0 Å². The Labute approximate surface area is 95.9 Å². The molecule has 2 atom stereocenters. The van der Waals surface area contributed by atoms with E-state index in [1.807, 2.05) is 11.3 Å². The Morgan fingerprint density at radius 2 is 2.27 bits per heavy atom. The molecular formula is C12H20N2S. The molecule has 1 aromatic heterocycles. The van der Waals surface area contributed by atoms with Gasteiger partial charge in [0.1, 0.15) is 0 Å². The average molecular weight is 224 g/mol. The quantitative estimate of drug-likeness (QED) is 0.839. The van der Waals surface area contributed by atoms with Crippen molar-refractivity contribution in [2.24, 2.45) is 11.1 Å². The van der Waals surface area contributed by atoms with Crippen LogP contribution in [0, 0.1) is 19.3 Å². The number of nitrogens with two attached hydrogens (primary N) is 1. The molecule has 1 saturated carbocycles. The van der Waals surface area contributed by atoms with E-state index in [2.05, 4.69) is 25.8 Å². The van der Waals surface area contributed by atoms with Crippen molar-refractivity contribution in [2.45, 2.75) is 52.5 Å². The minimum absolute atomic E-state index is 0.399. The van der Waals surface area contributed by atoms with Gasteiger partial charge < -0.3 is 5.73 Å². The lowest BCUT2D eigenvalue weighted by atomic mass is 9.85. The van der Waals surface area contributed by atoms with E-state index in [4.69, 9.17) is 5.73 Å². The van der Waals surface area contributed by atoms with Gasteiger partial charge in [0.25, 0.3) is 0 Å². The Hall–Kier alpha value is -0.410. The Morgan fingerprint density at radius 3 is 2.73 bits per heavy atom. The first-order valence-corrected chi connectivity index (χ1v) is 6.49. The fourth-order valence-corrected chi connectivity index (χ4v) is 3.66. The molecule has 1 aliphatic rings. The van der Waals surface area contributed by atoms with Gasteiger partial charge in [-0.25, -0.2) is 4.98 Å². The number of nitrogens with zero attached hydrogens (tertiary/aromatic N) is 1. The largest absolute Gasteiger partial charge is 0.328 e. The second-order valence-corrected chi connectivity index (χ2v) is 6.53. The van der Waals surface area contributed by atoms with Crippen LogP contribution in [0.15, 0.2) is 0 Å². The lowest BCUT2D eigenvalue weighted by Crippen LogP contribution is -2.21. The first kappa shape index (κ1) is 11.1. The minimum atomic E-state index is 0.399. The molecule has 0 aromatic carbocycles. The van der Waals surface area contributed by atoms with E-state index in [1.54, 1.807) is 0 Å². The van der Waals surface area contributed by atoms with Gasteiger partial charge >= 0.3 is 0 Å². The van der Waals surface area contributed by atoms with Crippen molar-refractivity contribution < 1.29 is 0 Å². The Bertz CT molecular complexity index is 339. The van der Waals surface area contributed by atoms with E-state index in [9.17, 15) is 0 Å². The van der Waals surface area contributed by atoms with Gasteiger partial charge in [-0.05, 0) is 38.5 Å². The van der Waals surface area contributed by atoms with E-state index in [1.165, 1.54) is 28.4 Å². The molecule has 2 unspecified atom stereocenters. The third kappa shape index (κ3) is 2.40. The number of rotatable bonds is 2. The van der Waals surface area contributed by atoms with Crippen molar-refractivity contribution in [3.05, 3.63) is 15.6 Å². The van der Waals surface area contributed by atoms with E-state index < -0.39 is 0 Å². The minimum Gasteiger partial charge on any atom is -0.328 e. The topological polar surface area (TPSA) is 38.9 Å². The summed E-state index contributed by atoms with van der Waals surface area (Å²) in [5.41, 5.74) is 7.58. The zero-order chi connectivity index (χ0) is 11.1. The van der Waals surface area contributed by atoms with E-state index in [0.29, 0.717) is 11.5 Å². The van der Waals surface area contributed by atoms with E-state index >= 15 is 0 Å². The molecule has 0 bridgehead atoms. The van der Waals surface area contributed by atoms with Crippen LogP contribution in [0.1, 0.15) is 41.8 Å². The first-order valence-electron chi connectivity index (χ1n) is 5.67. The molecule has 84 valence electrons. The SMILES string of the molecule is Cc1nc(CC2(C)CCC(N)C2)sc1C. The smallest absolute Gasteiger partial charge is 0.0936 e. The maximum atomic E-state index is 5.98. The predicted molar refractivity (Wildman–Crippen MR) is 65.2 cm³/mol. The van der Waals surface area contributed by atoms with E-state index in [-0.39, 0.29) is 0 Å². The van der Waals surface area contributed by atoms with Crippen LogP contribution in [0.5, 0.6) is 0 Å². The van der Waals surface area contributed by atoms with Gasteiger partial charge in [-0.3, -0.25) is 0 Å². The summed E-state index contributed by atoms with van der Waals surface area (Å²) in [6.07, 6.45) is 4.70. The summed E-state index contributed by atoms with van der Waals surface area (Å²) in [6.45, 7) is 6.60. The summed E-state index contributed by atoms with van der Waals surface area (Å²) in [7, 11) is 0. The number of hydrogen-bond donors (Lipinski definition) is 1. The van der Waals surface area contributed by atoms with Crippen LogP contribution < -0.4 is 5.73 Å². The zero-order valence-corrected chi connectivity index (χ0v) is 10.7. The average Bonchev–Trinajstić information content (AvgIpc) is 2.58. The molecule has 1 aromatic rings. The lowest BCUT2D eigenvalue weighted by molar-refractivity contribution is 0.329. The molecule has 0 saturated heterocycles. The monoisotopic (exact) mass is 224 g/mol. The van der Waals surface area contributed by atoms with Gasteiger partial charge in [-0.2, -0.15) is 0 Å². The van der Waals surface area contributed by atoms with Gasteiger partial charge in [-0.15, -0.1) is 11.3 Å². The highest BCUT2D eigenvalue weighted by Crippen LogP contribution is 2.40. The number of aromatic nitrogens is 1. The summed E-state index contributed by atoms with van der Waals surface area (Å²) in [6, 6.07) is 0.414. The molecule has 2 nitrogen and oxygen atoms in total. The highest BCUT2D eigenvalue weighted by Gasteiger charge is 2.34. The van der Waals surface area contributed by atoms with Crippen LogP contribution in [0.3, 0.4) is 0 Å². The Morgan fingerprint density at radius 1 is 1.53 bits per heavy atom. The second-order valence-electron chi connectivity index (χ2n) is 5.24. The fraction of sp³-hybridized carbons (Fsp3) is 0.750. The van der Waals surface area contributed by atoms with Crippen molar-refractivity contribution in [3.63, 3.8) is 0 Å². The highest BCUT2D eigenvalue weighted by atomic mass is 32.1. The van der Waals surface area contributed by atoms with E-state index in [0.717, 1.165) is 12.8 Å². The van der Waals surface area contributed by atoms with Crippen LogP contribution in [0.25, 0.3) is 0 Å². The van der Waals surface area contributed by atoms with Gasteiger partial charge in [0, 0.05) is 17.3 Å². The molecular weight excluding hydrogens is 204 g/mol. The van der Waals surface area contributed by atoms with Crippen molar-refractivity contribution >= 4 is 11.3 Å². The van der Waals surface area contributed by atoms with Gasteiger partial charge in [0.05, 0.1) is 10.7 Å². The summed E-state index contributed by atoms with van der Waals surface area (Å²) >= 11 is 1.85. The van der Waals surface area contributed by atoms with Crippen molar-refractivity contribution in [2.75, 3.05) is 0 Å². The Balaban J connectivity index is 2.08. The van der Waals surface area contributed by atoms with Crippen molar-refractivity contribution in [3.8, 4) is 0 Å². The molecule has 1 aliphatic carbocycles. The number of hydrogen-bond acceptors (Lipinski definition) is 3. The molecule has 1 fully saturated rings. The maximum Gasteiger partial charge on any atom is 0.0936 e. The molecule has 0 radical (unpaired) electrons. The molecule has 1 heterocycles. The summed E-state index contributed by atoms with van der Waals surface area (Å²) < 4.78 is 0. The Kier molecular flexibility index (Phi) is 2.86. The molecule has 2 rings (SSSR count). The molecule has 0 aliphatic heterocycles. The normalized spacial score (nSPS) is 31.1. The number of aryl methyl sites for hydroxylation is 2. The third-order valence-corrected chi connectivity index (χ3v) is 4.60. The highest BCUT2D eigenvalue weighted by molar-refractivity contribution is 7.11.